The van der Waals surface area contributed by atoms with Crippen molar-refractivity contribution < 1.29 is 14.4 Å². The Kier molecular flexibility index (Phi) is 4.42. The normalized spacial score (nSPS) is 10.1. The maximum Gasteiger partial charge on any atom is 0.312 e. The Morgan fingerprint density at radius 1 is 1.25 bits per heavy atom. The highest BCUT2D eigenvalue weighted by atomic mass is 35.5. The topological polar surface area (TPSA) is 61.6 Å². The summed E-state index contributed by atoms with van der Waals surface area (Å²) in [7, 11) is 1.57. The molecule has 0 bridgehead atoms. The summed E-state index contributed by atoms with van der Waals surface area (Å²) in [6.07, 6.45) is 0. The van der Waals surface area contributed by atoms with E-state index in [0.717, 1.165) is 5.56 Å². The number of hydrogen-bond acceptors (Lipinski definition) is 4. The second-order valence-electron chi connectivity index (χ2n) is 4.01. The van der Waals surface area contributed by atoms with E-state index < -0.39 is 4.92 Å². The fourth-order valence-corrected chi connectivity index (χ4v) is 1.84. The molecule has 20 heavy (non-hydrogen) atoms. The lowest BCUT2D eigenvalue weighted by atomic mass is 10.2. The molecular formula is C14H12ClNO4. The Bertz CT molecular complexity index is 630. The highest BCUT2D eigenvalue weighted by Crippen LogP contribution is 2.30. The summed E-state index contributed by atoms with van der Waals surface area (Å²) in [5.41, 5.74) is 0.703. The summed E-state index contributed by atoms with van der Waals surface area (Å²) >= 11 is 5.74. The van der Waals surface area contributed by atoms with E-state index in [-0.39, 0.29) is 18.0 Å². The van der Waals surface area contributed by atoms with Crippen LogP contribution < -0.4 is 9.47 Å². The standard InChI is InChI=1S/C14H12ClNO4/c1-19-12-4-2-3-10(7-12)9-20-14-6-5-11(15)8-13(14)16(17)18/h2-8H,9H2,1H3. The number of hydrogen-bond donors (Lipinski definition) is 0. The van der Waals surface area contributed by atoms with Gasteiger partial charge in [0.2, 0.25) is 0 Å². The van der Waals surface area contributed by atoms with E-state index in [1.54, 1.807) is 13.2 Å². The molecule has 0 aliphatic carbocycles. The number of nitrogens with zero attached hydrogens (tertiary/aromatic N) is 1. The van der Waals surface area contributed by atoms with E-state index in [1.807, 2.05) is 24.3 Å². The third kappa shape index (κ3) is 3.39. The molecule has 0 atom stereocenters. The minimum Gasteiger partial charge on any atom is -0.497 e. The monoisotopic (exact) mass is 293 g/mol. The zero-order chi connectivity index (χ0) is 14.5. The van der Waals surface area contributed by atoms with Crippen molar-refractivity contribution in [2.45, 2.75) is 6.61 Å². The molecule has 0 saturated heterocycles. The molecule has 2 aromatic carbocycles. The van der Waals surface area contributed by atoms with Crippen molar-refractivity contribution >= 4 is 17.3 Å². The molecule has 0 aliphatic heterocycles. The van der Waals surface area contributed by atoms with Crippen LogP contribution in [0.15, 0.2) is 42.5 Å². The first-order chi connectivity index (χ1) is 9.60. The lowest BCUT2D eigenvalue weighted by Gasteiger charge is -2.08. The van der Waals surface area contributed by atoms with Gasteiger partial charge in [-0.1, -0.05) is 23.7 Å². The summed E-state index contributed by atoms with van der Waals surface area (Å²) in [5.74, 6) is 0.888. The van der Waals surface area contributed by atoms with E-state index in [2.05, 4.69) is 0 Å². The molecule has 6 heteroatoms. The highest BCUT2D eigenvalue weighted by Gasteiger charge is 2.15. The number of rotatable bonds is 5. The van der Waals surface area contributed by atoms with Crippen LogP contribution in [0.3, 0.4) is 0 Å². The van der Waals surface area contributed by atoms with E-state index in [9.17, 15) is 10.1 Å². The molecule has 0 amide bonds. The molecule has 0 N–H and O–H groups in total. The summed E-state index contributed by atoms with van der Waals surface area (Å²) < 4.78 is 10.6. The predicted octanol–water partition coefficient (Wildman–Crippen LogP) is 3.84. The first kappa shape index (κ1) is 14.1. The average Bonchev–Trinajstić information content (AvgIpc) is 2.46. The smallest absolute Gasteiger partial charge is 0.312 e. The molecule has 0 spiro atoms. The zero-order valence-electron chi connectivity index (χ0n) is 10.7. The third-order valence-electron chi connectivity index (χ3n) is 2.65. The van der Waals surface area contributed by atoms with Crippen molar-refractivity contribution in [2.24, 2.45) is 0 Å². The van der Waals surface area contributed by atoms with Crippen LogP contribution in [0.5, 0.6) is 11.5 Å². The van der Waals surface area contributed by atoms with Crippen molar-refractivity contribution in [3.05, 3.63) is 63.2 Å². The van der Waals surface area contributed by atoms with Gasteiger partial charge in [-0.3, -0.25) is 10.1 Å². The molecule has 0 aliphatic rings. The Balaban J connectivity index is 2.16. The van der Waals surface area contributed by atoms with Gasteiger partial charge in [-0.25, -0.2) is 0 Å². The van der Waals surface area contributed by atoms with Crippen LogP contribution in [0.2, 0.25) is 5.02 Å². The second-order valence-corrected chi connectivity index (χ2v) is 4.45. The van der Waals surface area contributed by atoms with Crippen LogP contribution >= 0.6 is 11.6 Å². The highest BCUT2D eigenvalue weighted by molar-refractivity contribution is 6.30. The van der Waals surface area contributed by atoms with Gasteiger partial charge in [-0.15, -0.1) is 0 Å². The number of halogens is 1. The summed E-state index contributed by atoms with van der Waals surface area (Å²) in [6, 6.07) is 11.6. The molecule has 104 valence electrons. The fourth-order valence-electron chi connectivity index (χ4n) is 1.68. The second kappa shape index (κ2) is 6.25. The molecule has 0 unspecified atom stereocenters. The lowest BCUT2D eigenvalue weighted by molar-refractivity contribution is -0.385. The van der Waals surface area contributed by atoms with Crippen molar-refractivity contribution in [3.63, 3.8) is 0 Å². The maximum atomic E-state index is 10.9. The largest absolute Gasteiger partial charge is 0.497 e. The Hall–Kier alpha value is -2.27. The lowest BCUT2D eigenvalue weighted by Crippen LogP contribution is -1.99. The molecule has 5 nitrogen and oxygen atoms in total. The molecule has 0 fully saturated rings. The van der Waals surface area contributed by atoms with Gasteiger partial charge in [-0.05, 0) is 29.8 Å². The van der Waals surface area contributed by atoms with Crippen LogP contribution in [0.1, 0.15) is 5.56 Å². The van der Waals surface area contributed by atoms with Crippen molar-refractivity contribution in [1.82, 2.24) is 0 Å². The van der Waals surface area contributed by atoms with Gasteiger partial charge in [0.25, 0.3) is 0 Å². The molecule has 0 aromatic heterocycles. The predicted molar refractivity (Wildman–Crippen MR) is 75.4 cm³/mol. The van der Waals surface area contributed by atoms with Crippen molar-refractivity contribution in [2.75, 3.05) is 7.11 Å². The quantitative estimate of drug-likeness (QED) is 0.621. The SMILES string of the molecule is COc1cccc(COc2ccc(Cl)cc2[N+](=O)[O-])c1. The molecule has 2 rings (SSSR count). The summed E-state index contributed by atoms with van der Waals surface area (Å²) in [6.45, 7) is 0.208. The van der Waals surface area contributed by atoms with Crippen LogP contribution in [0, 0.1) is 10.1 Å². The molecular weight excluding hydrogens is 282 g/mol. The van der Waals surface area contributed by atoms with Crippen LogP contribution in [0.25, 0.3) is 0 Å². The Morgan fingerprint density at radius 2 is 2.05 bits per heavy atom. The number of benzene rings is 2. The van der Waals surface area contributed by atoms with E-state index in [0.29, 0.717) is 10.8 Å². The van der Waals surface area contributed by atoms with Gasteiger partial charge < -0.3 is 9.47 Å². The van der Waals surface area contributed by atoms with Gasteiger partial charge in [0, 0.05) is 11.1 Å². The van der Waals surface area contributed by atoms with Crippen LogP contribution in [-0.2, 0) is 6.61 Å². The van der Waals surface area contributed by atoms with Crippen LogP contribution in [0.4, 0.5) is 5.69 Å². The van der Waals surface area contributed by atoms with Gasteiger partial charge >= 0.3 is 5.69 Å². The third-order valence-corrected chi connectivity index (χ3v) is 2.88. The van der Waals surface area contributed by atoms with Gasteiger partial charge in [-0.2, -0.15) is 0 Å². The maximum absolute atomic E-state index is 10.9. The fraction of sp³-hybridized carbons (Fsp3) is 0.143. The zero-order valence-corrected chi connectivity index (χ0v) is 11.5. The number of nitro groups is 1. The van der Waals surface area contributed by atoms with Gasteiger partial charge in [0.05, 0.1) is 12.0 Å². The van der Waals surface area contributed by atoms with Gasteiger partial charge in [0.1, 0.15) is 12.4 Å². The van der Waals surface area contributed by atoms with E-state index >= 15 is 0 Å². The number of ether oxygens (including phenoxy) is 2. The van der Waals surface area contributed by atoms with Crippen LogP contribution in [-0.4, -0.2) is 12.0 Å². The Labute approximate surface area is 120 Å². The minimum atomic E-state index is -0.521. The van der Waals surface area contributed by atoms with E-state index in [1.165, 1.54) is 12.1 Å². The molecule has 0 saturated carbocycles. The first-order valence-corrected chi connectivity index (χ1v) is 6.17. The summed E-state index contributed by atoms with van der Waals surface area (Å²) in [4.78, 5) is 10.4. The van der Waals surface area contributed by atoms with Crippen molar-refractivity contribution in [3.8, 4) is 11.5 Å². The number of methoxy groups -OCH3 is 1. The number of nitro benzene ring substituents is 1. The Morgan fingerprint density at radius 3 is 2.75 bits per heavy atom. The molecule has 0 heterocycles. The summed E-state index contributed by atoms with van der Waals surface area (Å²) in [5, 5.41) is 11.2. The van der Waals surface area contributed by atoms with E-state index in [4.69, 9.17) is 21.1 Å². The first-order valence-electron chi connectivity index (χ1n) is 5.80. The molecule has 2 aromatic rings. The minimum absolute atomic E-state index is 0.152. The molecule has 0 radical (unpaired) electrons. The van der Waals surface area contributed by atoms with Crippen molar-refractivity contribution in [1.29, 1.82) is 0 Å². The van der Waals surface area contributed by atoms with Gasteiger partial charge in [0.15, 0.2) is 5.75 Å². The average molecular weight is 294 g/mol.